The Labute approximate surface area is 634 Å². The highest BCUT2D eigenvalue weighted by Crippen LogP contribution is 2.28. The number of amides is 1. The third-order valence-electron chi connectivity index (χ3n) is 13.8. The first kappa shape index (κ1) is 92.5. The van der Waals surface area contributed by atoms with E-state index in [2.05, 4.69) is 39.7 Å². The number of nitriles is 1. The predicted octanol–water partition coefficient (Wildman–Crippen LogP) is 13.1. The second-order valence-corrected chi connectivity index (χ2v) is 23.3. The van der Waals surface area contributed by atoms with E-state index in [1.54, 1.807) is 46.8 Å². The van der Waals surface area contributed by atoms with Gasteiger partial charge in [-0.1, -0.05) is 60.1 Å². The number of nitrogens with two attached hydrogens (primary N) is 2. The second-order valence-electron chi connectivity index (χ2n) is 23.0. The SMILES string of the molecule is C/C=C(/C(=O)OC)C(=O)OCC.CC(C)(C)OC(=O)Cc1ccc(N)cc1.CCOC(=O)C1C(=O)NC(c2c(F)cccc2F)=NC1C.CCOC(=O)c1c(C)nc(-c2c(F)cccc2F)[nH]c1=O.CCOC(=O)c1c(C)nc(-c2c(F)cccc2F)nc1Cl.N#Cc1c(F)cccc1F.N=C(N)c1c(F)cccc1F. The largest absolute Gasteiger partial charge is 0.465 e. The van der Waals surface area contributed by atoms with Gasteiger partial charge < -0.3 is 50.2 Å². The Morgan fingerprint density at radius 1 is 0.604 bits per heavy atom. The van der Waals surface area contributed by atoms with Gasteiger partial charge in [0, 0.05) is 5.69 Å². The number of nitrogen functional groups attached to an aromatic ring is 2. The molecule has 2 atom stereocenters. The second kappa shape index (κ2) is 44.6. The molecule has 9 rings (SSSR count). The average Bonchev–Trinajstić information content (AvgIpc) is 0.802. The first-order valence-corrected chi connectivity index (χ1v) is 33.1. The summed E-state index contributed by atoms with van der Waals surface area (Å²) in [4.78, 5) is 110. The highest BCUT2D eigenvalue weighted by Gasteiger charge is 2.39. The first-order chi connectivity index (χ1) is 52.3. The van der Waals surface area contributed by atoms with Crippen molar-refractivity contribution in [3.05, 3.63) is 245 Å². The molecule has 7 N–H and O–H groups in total. The van der Waals surface area contributed by atoms with E-state index in [9.17, 15) is 82.3 Å². The molecule has 0 aliphatic carbocycles. The first-order valence-electron chi connectivity index (χ1n) is 32.8. The molecule has 6 aromatic carbocycles. The standard InChI is InChI=1S/C14H11ClF2N2O2.C14H14F2N2O3.C14H12F2N2O3.C12H17NO2.C8H12O4.C7H6F2N2.C7H3F2N/c1-3-21-14(20)10-7(2)18-13(19-12(10)15)11-8(16)5-4-6-9(11)17;2*1-3-21-14(20)10-7(2)17-12(18-13(10)19)11-8(15)5-4-6-9(11)16;1-12(2,3)15-11(14)8-9-4-6-10(13)7-5-9;1-4-6(7(9)11-3)8(10)12-5-2;8-4-2-1-3-5(9)6(4)7(10)11;8-6-2-1-3-7(9)5(6)4-10/h4-6H,3H2,1-2H3;4-7,10H,3H2,1-2H3,(H,17,18,19);4-6H,3H2,1-2H3,(H,17,18,19);4-7H,8,13H2,1-3H3;4H,5H2,1-3H3;1-3H,(H3,10,11);1-3H/b;;;;6-4-;;. The van der Waals surface area contributed by atoms with E-state index in [0.717, 1.165) is 66.2 Å². The normalized spacial score (nSPS) is 12.5. The molecular weight excluding hydrogens is 1500 g/mol. The summed E-state index contributed by atoms with van der Waals surface area (Å²) in [5.41, 5.74) is 8.45. The van der Waals surface area contributed by atoms with Gasteiger partial charge in [-0.3, -0.25) is 29.6 Å². The van der Waals surface area contributed by atoms with Crippen molar-refractivity contribution in [2.24, 2.45) is 16.6 Å². The Kier molecular flexibility index (Phi) is 37.2. The molecule has 0 bridgehead atoms. The lowest BCUT2D eigenvalue weighted by atomic mass is 9.98. The maximum Gasteiger partial charge on any atom is 0.345 e. The van der Waals surface area contributed by atoms with Crippen molar-refractivity contribution in [2.75, 3.05) is 39.3 Å². The lowest BCUT2D eigenvalue weighted by molar-refractivity contribution is -0.154. The molecule has 3 heterocycles. The van der Waals surface area contributed by atoms with Crippen LogP contribution in [0.4, 0.5) is 49.6 Å². The summed E-state index contributed by atoms with van der Waals surface area (Å²) >= 11 is 5.92. The van der Waals surface area contributed by atoms with Crippen LogP contribution in [0.1, 0.15) is 117 Å². The number of aryl methyl sites for hydroxylation is 2. The predicted molar refractivity (Wildman–Crippen MR) is 386 cm³/mol. The Bertz CT molecular complexity index is 4720. The van der Waals surface area contributed by atoms with Crippen LogP contribution in [0.3, 0.4) is 0 Å². The lowest BCUT2D eigenvalue weighted by Gasteiger charge is -2.25. The number of amidine groups is 2. The van der Waals surface area contributed by atoms with E-state index in [4.69, 9.17) is 52.7 Å². The quantitative estimate of drug-likeness (QED) is 0.00608. The smallest absolute Gasteiger partial charge is 0.345 e. The Morgan fingerprint density at radius 3 is 1.42 bits per heavy atom. The molecule has 0 spiro atoms. The van der Waals surface area contributed by atoms with Crippen LogP contribution in [-0.2, 0) is 58.8 Å². The number of methoxy groups -OCH3 is 1. The van der Waals surface area contributed by atoms with Crippen LogP contribution >= 0.6 is 11.6 Å². The fraction of sp³-hybridized carbons (Fsp3) is 0.263. The van der Waals surface area contributed by atoms with E-state index in [-0.39, 0.29) is 89.5 Å². The number of halogens is 11. The minimum Gasteiger partial charge on any atom is -0.465 e. The molecule has 1 amide bonds. The van der Waals surface area contributed by atoms with Crippen LogP contribution < -0.4 is 22.3 Å². The maximum absolute atomic E-state index is 13.7. The van der Waals surface area contributed by atoms with Crippen molar-refractivity contribution in [3.63, 3.8) is 0 Å². The van der Waals surface area contributed by atoms with E-state index in [1.807, 2.05) is 32.9 Å². The summed E-state index contributed by atoms with van der Waals surface area (Å²) in [6, 6.07) is 24.5. The number of hydrogen-bond acceptors (Lipinski definition) is 21. The van der Waals surface area contributed by atoms with Gasteiger partial charge in [-0.05, 0) is 155 Å². The zero-order valence-electron chi connectivity index (χ0n) is 61.5. The number of nitrogens with one attached hydrogen (secondary N) is 3. The van der Waals surface area contributed by atoms with Gasteiger partial charge in [-0.2, -0.15) is 5.26 Å². The Morgan fingerprint density at radius 2 is 1.04 bits per heavy atom. The molecule has 1 aliphatic rings. The van der Waals surface area contributed by atoms with Crippen LogP contribution in [0, 0.1) is 94.7 Å². The van der Waals surface area contributed by atoms with Gasteiger partial charge in [0.05, 0.1) is 79.6 Å². The molecule has 0 saturated heterocycles. The molecular formula is C76H75ClF10N10O14. The third kappa shape index (κ3) is 27.8. The number of hydrogen-bond donors (Lipinski definition) is 5. The number of carbonyl (C=O) groups excluding carboxylic acids is 7. The number of rotatable bonds is 15. The van der Waals surface area contributed by atoms with Gasteiger partial charge in [-0.25, -0.2) is 78.0 Å². The fourth-order valence-electron chi connectivity index (χ4n) is 8.96. The number of esters is 6. The van der Waals surface area contributed by atoms with E-state index >= 15 is 0 Å². The molecule has 2 unspecified atom stereocenters. The summed E-state index contributed by atoms with van der Waals surface area (Å²) in [6.07, 6.45) is 1.65. The van der Waals surface area contributed by atoms with Gasteiger partial charge in [0.2, 0.25) is 5.91 Å². The highest BCUT2D eigenvalue weighted by molar-refractivity contribution is 6.32. The van der Waals surface area contributed by atoms with Gasteiger partial charge in [0.15, 0.2) is 11.7 Å². The number of carbonyl (C=O) groups is 7. The molecule has 24 nitrogen and oxygen atoms in total. The van der Waals surface area contributed by atoms with Gasteiger partial charge in [0.1, 0.15) is 115 Å². The topological polar surface area (TPSA) is 370 Å². The summed E-state index contributed by atoms with van der Waals surface area (Å²) in [5, 5.41) is 17.0. The number of ether oxygens (including phenoxy) is 6. The number of H-pyrrole nitrogens is 1. The van der Waals surface area contributed by atoms with Gasteiger partial charge in [-0.15, -0.1) is 0 Å². The number of aromatic amines is 1. The van der Waals surface area contributed by atoms with Gasteiger partial charge in [0.25, 0.3) is 5.56 Å². The number of anilines is 1. The molecule has 35 heteroatoms. The number of nitrogens with zero attached hydrogens (tertiary/aromatic N) is 5. The number of benzene rings is 6. The zero-order valence-corrected chi connectivity index (χ0v) is 62.3. The highest BCUT2D eigenvalue weighted by atomic mass is 35.5. The van der Waals surface area contributed by atoms with Crippen LogP contribution in [-0.4, -0.2) is 119 Å². The van der Waals surface area contributed by atoms with Gasteiger partial charge >= 0.3 is 35.8 Å². The van der Waals surface area contributed by atoms with Crippen molar-refractivity contribution in [1.29, 1.82) is 10.7 Å². The molecule has 0 saturated carbocycles. The molecule has 111 heavy (non-hydrogen) atoms. The minimum absolute atomic E-state index is 0.0148. The number of allylic oxidation sites excluding steroid dienone is 1. The molecule has 0 fully saturated rings. The van der Waals surface area contributed by atoms with Crippen molar-refractivity contribution in [2.45, 2.75) is 94.2 Å². The van der Waals surface area contributed by atoms with E-state index in [1.165, 1.54) is 70.4 Å². The van der Waals surface area contributed by atoms with Crippen molar-refractivity contribution >= 4 is 70.7 Å². The average molecular weight is 1580 g/mol. The Hall–Kier alpha value is -12.7. The van der Waals surface area contributed by atoms with Crippen LogP contribution in [0.25, 0.3) is 22.8 Å². The summed E-state index contributed by atoms with van der Waals surface area (Å²) in [5.74, 6) is -15.1. The van der Waals surface area contributed by atoms with E-state index < -0.39 is 151 Å². The molecule has 1 aliphatic heterocycles. The number of aromatic nitrogens is 4. The van der Waals surface area contributed by atoms with E-state index in [0.29, 0.717) is 5.69 Å². The van der Waals surface area contributed by atoms with Crippen LogP contribution in [0.15, 0.2) is 137 Å². The molecule has 8 aromatic rings. The molecule has 590 valence electrons. The summed E-state index contributed by atoms with van der Waals surface area (Å²) in [7, 11) is 1.21. The minimum atomic E-state index is -1.12. The summed E-state index contributed by atoms with van der Waals surface area (Å²) < 4.78 is 161. The molecule has 2 aromatic heterocycles. The monoisotopic (exact) mass is 1580 g/mol. The van der Waals surface area contributed by atoms with Crippen LogP contribution in [0.2, 0.25) is 5.15 Å². The summed E-state index contributed by atoms with van der Waals surface area (Å²) in [6.45, 7) is 18.7. The lowest BCUT2D eigenvalue weighted by Crippen LogP contribution is -2.49. The maximum atomic E-state index is 13.7. The van der Waals surface area contributed by atoms with Crippen molar-refractivity contribution < 1.29 is 106 Å². The zero-order chi connectivity index (χ0) is 83.7. The third-order valence-corrected chi connectivity index (χ3v) is 14.1. The number of aliphatic imine (C=N–C) groups is 1. The van der Waals surface area contributed by atoms with Crippen molar-refractivity contribution in [1.82, 2.24) is 25.3 Å². The van der Waals surface area contributed by atoms with Crippen LogP contribution in [0.5, 0.6) is 0 Å². The fourth-order valence-corrected chi connectivity index (χ4v) is 9.25. The Balaban J connectivity index is 0.000000342. The van der Waals surface area contributed by atoms with Crippen molar-refractivity contribution in [3.8, 4) is 28.8 Å². The molecule has 0 radical (unpaired) electrons.